The van der Waals surface area contributed by atoms with Crippen LogP contribution in [0, 0.1) is 31.6 Å². The number of fused-ring (bicyclic) bond motifs is 1. The Morgan fingerprint density at radius 1 is 0.821 bits per heavy atom. The quantitative estimate of drug-likeness (QED) is 0.0466. The van der Waals surface area contributed by atoms with Crippen LogP contribution in [-0.2, 0) is 26.4 Å². The van der Waals surface area contributed by atoms with E-state index < -0.39 is 84.8 Å². The summed E-state index contributed by atoms with van der Waals surface area (Å²) in [5.41, 5.74) is -0.357. The Labute approximate surface area is 386 Å². The van der Waals surface area contributed by atoms with Crippen LogP contribution in [0.25, 0.3) is 11.6 Å². The average molecular weight is 943 g/mol. The number of aliphatic hydroxyl groups excluding tert-OH is 2. The molecule has 2 amide bonds. The van der Waals surface area contributed by atoms with Gasteiger partial charge in [0.15, 0.2) is 0 Å². The summed E-state index contributed by atoms with van der Waals surface area (Å²) in [6.07, 6.45) is -8.45. The SMILES string of the molecule is Cc1cc(/C=C(/CC[C@@H](O)C2=C(CO[Si](c3ccccc3)(c3ccccc3)C(C)(C)C)C[C@H]3C(=O)N(c4cc(C(F)(F)F)cc(C(F)(F)F)c4)C(=O)[C@H]3[C@H]2CO)c2ccccn2)cc(C)c1O. The summed E-state index contributed by atoms with van der Waals surface area (Å²) in [6, 6.07) is 28.9. The predicted octanol–water partition coefficient (Wildman–Crippen LogP) is 9.81. The van der Waals surface area contributed by atoms with Gasteiger partial charge in [0.1, 0.15) is 5.75 Å². The number of aromatic nitrogens is 1. The van der Waals surface area contributed by atoms with Gasteiger partial charge in [-0.25, -0.2) is 4.90 Å². The van der Waals surface area contributed by atoms with E-state index in [4.69, 9.17) is 4.43 Å². The molecule has 1 fully saturated rings. The number of rotatable bonds is 13. The van der Waals surface area contributed by atoms with Crippen molar-refractivity contribution in [2.45, 2.75) is 77.4 Å². The second-order valence-electron chi connectivity index (χ2n) is 18.4. The van der Waals surface area contributed by atoms with Crippen LogP contribution in [0.15, 0.2) is 127 Å². The van der Waals surface area contributed by atoms with Gasteiger partial charge in [-0.2, -0.15) is 26.3 Å². The molecule has 1 aliphatic heterocycles. The first-order valence-corrected chi connectivity index (χ1v) is 23.8. The number of halogens is 6. The van der Waals surface area contributed by atoms with Gasteiger partial charge in [-0.05, 0) is 130 Å². The van der Waals surface area contributed by atoms with Gasteiger partial charge >= 0.3 is 12.4 Å². The first-order valence-electron chi connectivity index (χ1n) is 21.9. The van der Waals surface area contributed by atoms with Gasteiger partial charge in [0, 0.05) is 12.1 Å². The van der Waals surface area contributed by atoms with E-state index >= 15 is 0 Å². The molecule has 0 radical (unpaired) electrons. The largest absolute Gasteiger partial charge is 0.507 e. The molecule has 352 valence electrons. The Hall–Kier alpha value is -5.87. The van der Waals surface area contributed by atoms with Crippen LogP contribution < -0.4 is 15.3 Å². The standard InChI is InChI=1S/C52H52F6N2O6Si/c1-31-22-33(23-32(2)47(31)63)24-34(43-18-12-13-21-59-43)19-20-44(62)45-35(30-66-67(50(3,4)5,39-14-8-6-9-15-39)40-16-10-7-11-17-40)25-41-46(42(45)29-61)49(65)60(48(41)64)38-27-36(51(53,54)55)26-37(28-38)52(56,57)58/h6-18,21-24,26-28,41-42,44,46,61-63H,19-20,25,29-30H2,1-5H3/b34-24-/t41-,42+,44-,46-/m1/s1. The number of carbonyl (C=O) groups excluding carboxylic acids is 2. The number of allylic oxidation sites excluding steroid dienone is 1. The predicted molar refractivity (Wildman–Crippen MR) is 247 cm³/mol. The topological polar surface area (TPSA) is 120 Å². The third kappa shape index (κ3) is 9.78. The fourth-order valence-electron chi connectivity index (χ4n) is 9.92. The number of imide groups is 1. The molecular formula is C52H52F6N2O6Si. The van der Waals surface area contributed by atoms with Crippen LogP contribution in [0.5, 0.6) is 5.75 Å². The van der Waals surface area contributed by atoms with E-state index in [0.717, 1.165) is 15.9 Å². The van der Waals surface area contributed by atoms with Crippen molar-refractivity contribution in [2.24, 2.45) is 17.8 Å². The molecule has 0 unspecified atom stereocenters. The molecule has 5 aromatic rings. The highest BCUT2D eigenvalue weighted by molar-refractivity contribution is 6.99. The van der Waals surface area contributed by atoms with E-state index in [2.05, 4.69) is 25.8 Å². The van der Waals surface area contributed by atoms with Gasteiger partial charge in [-0.15, -0.1) is 0 Å². The van der Waals surface area contributed by atoms with Crippen LogP contribution in [-0.4, -0.2) is 59.8 Å². The summed E-state index contributed by atoms with van der Waals surface area (Å²) in [5, 5.41) is 35.6. The van der Waals surface area contributed by atoms with Crippen molar-refractivity contribution in [3.05, 3.63) is 160 Å². The highest BCUT2D eigenvalue weighted by atomic mass is 28.4. The number of hydrogen-bond acceptors (Lipinski definition) is 7. The molecule has 8 nitrogen and oxygen atoms in total. The van der Waals surface area contributed by atoms with Crippen molar-refractivity contribution < 1.29 is 55.7 Å². The van der Waals surface area contributed by atoms with Gasteiger partial charge < -0.3 is 19.7 Å². The van der Waals surface area contributed by atoms with Crippen molar-refractivity contribution in [1.82, 2.24) is 4.98 Å². The van der Waals surface area contributed by atoms with Gasteiger partial charge in [-0.1, -0.05) is 87.5 Å². The number of benzene rings is 4. The first-order chi connectivity index (χ1) is 31.6. The summed E-state index contributed by atoms with van der Waals surface area (Å²) >= 11 is 0. The number of anilines is 1. The summed E-state index contributed by atoms with van der Waals surface area (Å²) in [7, 11) is -3.33. The van der Waals surface area contributed by atoms with Crippen molar-refractivity contribution in [2.75, 3.05) is 18.1 Å². The number of phenols is 1. The number of alkyl halides is 6. The van der Waals surface area contributed by atoms with Gasteiger partial charge in [-0.3, -0.25) is 14.6 Å². The number of amides is 2. The smallest absolute Gasteiger partial charge is 0.416 e. The molecule has 67 heavy (non-hydrogen) atoms. The van der Waals surface area contributed by atoms with Gasteiger partial charge in [0.25, 0.3) is 8.32 Å². The Morgan fingerprint density at radius 3 is 1.87 bits per heavy atom. The molecule has 1 saturated heterocycles. The molecular weight excluding hydrogens is 891 g/mol. The Balaban J connectivity index is 1.35. The third-order valence-electron chi connectivity index (χ3n) is 13.0. The maximum absolute atomic E-state index is 14.5. The Kier molecular flexibility index (Phi) is 13.9. The molecule has 3 N–H and O–H groups in total. The number of aromatic hydroxyl groups is 1. The second kappa shape index (κ2) is 19.0. The van der Waals surface area contributed by atoms with Crippen molar-refractivity contribution in [1.29, 1.82) is 0 Å². The number of aliphatic hydroxyl groups is 2. The van der Waals surface area contributed by atoms with Crippen LogP contribution >= 0.6 is 0 Å². The molecule has 1 aromatic heterocycles. The van der Waals surface area contributed by atoms with E-state index in [0.29, 0.717) is 45.0 Å². The zero-order chi connectivity index (χ0) is 48.6. The van der Waals surface area contributed by atoms with Gasteiger partial charge in [0.2, 0.25) is 11.8 Å². The molecule has 1 aliphatic carbocycles. The van der Waals surface area contributed by atoms with Crippen LogP contribution in [0.1, 0.15) is 73.5 Å². The second-order valence-corrected chi connectivity index (χ2v) is 22.7. The normalized spacial score (nSPS) is 19.0. The Morgan fingerprint density at radius 2 is 1.37 bits per heavy atom. The lowest BCUT2D eigenvalue weighted by Crippen LogP contribution is -2.66. The van der Waals surface area contributed by atoms with E-state index in [9.17, 15) is 51.3 Å². The highest BCUT2D eigenvalue weighted by Gasteiger charge is 2.57. The number of carbonyl (C=O) groups is 2. The molecule has 0 spiro atoms. The number of hydrogen-bond donors (Lipinski definition) is 3. The monoisotopic (exact) mass is 942 g/mol. The number of pyridine rings is 1. The fourth-order valence-corrected chi connectivity index (χ4v) is 14.5. The minimum atomic E-state index is -5.25. The minimum Gasteiger partial charge on any atom is -0.507 e. The maximum atomic E-state index is 14.5. The van der Waals surface area contributed by atoms with Crippen molar-refractivity contribution in [3.63, 3.8) is 0 Å². The third-order valence-corrected chi connectivity index (χ3v) is 18.0. The number of nitrogens with zero attached hydrogens (tertiary/aromatic N) is 2. The maximum Gasteiger partial charge on any atom is 0.416 e. The molecule has 2 heterocycles. The van der Waals surface area contributed by atoms with E-state index in [1.165, 1.54) is 0 Å². The first kappa shape index (κ1) is 49.0. The Bertz CT molecular complexity index is 2590. The van der Waals surface area contributed by atoms with E-state index in [1.54, 1.807) is 32.2 Å². The average Bonchev–Trinajstić information content (AvgIpc) is 3.54. The molecule has 0 bridgehead atoms. The van der Waals surface area contributed by atoms with Crippen LogP contribution in [0.3, 0.4) is 0 Å². The fraction of sp³-hybridized carbons (Fsp3) is 0.327. The van der Waals surface area contributed by atoms with Crippen molar-refractivity contribution in [3.8, 4) is 5.75 Å². The zero-order valence-corrected chi connectivity index (χ0v) is 38.6. The van der Waals surface area contributed by atoms with E-state index in [-0.39, 0.29) is 43.3 Å². The number of phenolic OH excluding ortho intramolecular Hbond substituents is 1. The molecule has 7 rings (SSSR count). The van der Waals surface area contributed by atoms with Crippen molar-refractivity contribution >= 4 is 47.8 Å². The van der Waals surface area contributed by atoms with E-state index in [1.807, 2.05) is 84.9 Å². The lowest BCUT2D eigenvalue weighted by molar-refractivity contribution is -0.143. The molecule has 2 aliphatic rings. The van der Waals surface area contributed by atoms with Gasteiger partial charge in [0.05, 0.1) is 53.7 Å². The van der Waals surface area contributed by atoms with Crippen LogP contribution in [0.2, 0.25) is 5.04 Å². The lowest BCUT2D eigenvalue weighted by Gasteiger charge is -2.44. The highest BCUT2D eigenvalue weighted by Crippen LogP contribution is 2.49. The lowest BCUT2D eigenvalue weighted by atomic mass is 9.68. The molecule has 4 atom stereocenters. The number of aryl methyl sites for hydroxylation is 2. The minimum absolute atomic E-state index is 0.00118. The summed E-state index contributed by atoms with van der Waals surface area (Å²) < 4.78 is 91.8. The zero-order valence-electron chi connectivity index (χ0n) is 37.6. The van der Waals surface area contributed by atoms with Crippen LogP contribution in [0.4, 0.5) is 32.0 Å². The summed E-state index contributed by atoms with van der Waals surface area (Å²) in [6.45, 7) is 8.72. The molecule has 4 aromatic carbocycles. The molecule has 0 saturated carbocycles. The summed E-state index contributed by atoms with van der Waals surface area (Å²) in [4.78, 5) is 33.9. The molecule has 15 heteroatoms. The summed E-state index contributed by atoms with van der Waals surface area (Å²) in [5.74, 6) is -6.03.